The number of hydrogen-bond donors (Lipinski definition) is 0. The molecule has 10 heteroatoms. The molecule has 0 bridgehead atoms. The van der Waals surface area contributed by atoms with Gasteiger partial charge in [0.15, 0.2) is 5.71 Å². The topological polar surface area (TPSA) is 69.2 Å². The van der Waals surface area contributed by atoms with Crippen LogP contribution in [0.5, 0.6) is 0 Å². The third kappa shape index (κ3) is 6.84. The molecule has 0 aliphatic heterocycles. The van der Waals surface area contributed by atoms with Gasteiger partial charge in [-0.1, -0.05) is 5.16 Å². The van der Waals surface area contributed by atoms with Gasteiger partial charge in [0.1, 0.15) is 12.0 Å². The first-order chi connectivity index (χ1) is 9.49. The van der Waals surface area contributed by atoms with E-state index in [1.165, 1.54) is 19.1 Å². The van der Waals surface area contributed by atoms with Crippen LogP contribution in [0.25, 0.3) is 0 Å². The van der Waals surface area contributed by atoms with Crippen molar-refractivity contribution in [2.24, 2.45) is 10.6 Å². The Morgan fingerprint density at radius 2 is 1.57 bits per heavy atom. The Balaban J connectivity index is 5.30. The summed E-state index contributed by atoms with van der Waals surface area (Å²) in [7, 11) is 0. The molecule has 0 N–H and O–H groups in total. The second kappa shape index (κ2) is 7.16. The first kappa shape index (κ1) is 19.0. The van der Waals surface area contributed by atoms with E-state index in [0.29, 0.717) is 0 Å². The van der Waals surface area contributed by atoms with E-state index < -0.39 is 42.7 Å². The zero-order chi connectivity index (χ0) is 16.7. The standard InChI is InChI=1S/C11H11F6N3O/c1-2-21-20-8(11(15,16)17)5-9(6-18,7-19)3-4-10(12,13)14/h2-5H2,1H3. The van der Waals surface area contributed by atoms with Crippen molar-refractivity contribution in [3.8, 4) is 12.1 Å². The van der Waals surface area contributed by atoms with E-state index in [1.54, 1.807) is 0 Å². The van der Waals surface area contributed by atoms with Gasteiger partial charge in [-0.05, 0) is 13.3 Å². The van der Waals surface area contributed by atoms with Crippen molar-refractivity contribution in [2.75, 3.05) is 6.61 Å². The predicted molar refractivity (Wildman–Crippen MR) is 58.7 cm³/mol. The van der Waals surface area contributed by atoms with Crippen molar-refractivity contribution < 1.29 is 31.2 Å². The summed E-state index contributed by atoms with van der Waals surface area (Å²) < 4.78 is 74.4. The minimum atomic E-state index is -5.01. The maximum absolute atomic E-state index is 12.7. The molecule has 0 amide bonds. The number of hydrogen-bond acceptors (Lipinski definition) is 4. The summed E-state index contributed by atoms with van der Waals surface area (Å²) in [5.74, 6) is 0. The summed E-state index contributed by atoms with van der Waals surface area (Å²) in [6.07, 6.45) is -13.6. The number of halogens is 6. The van der Waals surface area contributed by atoms with Gasteiger partial charge in [-0.3, -0.25) is 0 Å². The predicted octanol–water partition coefficient (Wildman–Crippen LogP) is 3.71. The first-order valence-corrected chi connectivity index (χ1v) is 5.65. The fraction of sp³-hybridized carbons (Fsp3) is 0.727. The maximum Gasteiger partial charge on any atom is 0.432 e. The van der Waals surface area contributed by atoms with Crippen molar-refractivity contribution >= 4 is 5.71 Å². The van der Waals surface area contributed by atoms with Crippen LogP contribution < -0.4 is 0 Å². The van der Waals surface area contributed by atoms with Gasteiger partial charge in [0, 0.05) is 12.8 Å². The first-order valence-electron chi connectivity index (χ1n) is 5.65. The Morgan fingerprint density at radius 1 is 1.05 bits per heavy atom. The summed E-state index contributed by atoms with van der Waals surface area (Å²) in [5.41, 5.74) is -4.07. The molecule has 4 nitrogen and oxygen atoms in total. The molecule has 0 atom stereocenters. The van der Waals surface area contributed by atoms with Gasteiger partial charge in [0.2, 0.25) is 0 Å². The van der Waals surface area contributed by atoms with Gasteiger partial charge in [-0.15, -0.1) is 0 Å². The van der Waals surface area contributed by atoms with Gasteiger partial charge in [0.05, 0.1) is 12.1 Å². The second-order valence-corrected chi connectivity index (χ2v) is 4.05. The van der Waals surface area contributed by atoms with Crippen molar-refractivity contribution in [3.63, 3.8) is 0 Å². The summed E-state index contributed by atoms with van der Waals surface area (Å²) in [6.45, 7) is 1.15. The lowest BCUT2D eigenvalue weighted by atomic mass is 9.81. The zero-order valence-electron chi connectivity index (χ0n) is 10.8. The zero-order valence-corrected chi connectivity index (χ0v) is 10.8. The van der Waals surface area contributed by atoms with Crippen LogP contribution in [-0.4, -0.2) is 24.7 Å². The molecule has 0 unspecified atom stereocenters. The van der Waals surface area contributed by atoms with E-state index in [-0.39, 0.29) is 6.61 Å². The highest BCUT2D eigenvalue weighted by Gasteiger charge is 2.45. The lowest BCUT2D eigenvalue weighted by molar-refractivity contribution is -0.138. The maximum atomic E-state index is 12.7. The Hall–Kier alpha value is -1.97. The van der Waals surface area contributed by atoms with Crippen LogP contribution in [0.15, 0.2) is 5.16 Å². The highest BCUT2D eigenvalue weighted by Crippen LogP contribution is 2.36. The highest BCUT2D eigenvalue weighted by molar-refractivity contribution is 5.90. The molecule has 0 rings (SSSR count). The van der Waals surface area contributed by atoms with Crippen LogP contribution in [-0.2, 0) is 4.84 Å². The third-order valence-electron chi connectivity index (χ3n) is 2.36. The van der Waals surface area contributed by atoms with Crippen LogP contribution >= 0.6 is 0 Å². The van der Waals surface area contributed by atoms with E-state index in [1.807, 2.05) is 0 Å². The van der Waals surface area contributed by atoms with Crippen LogP contribution in [0.1, 0.15) is 26.2 Å². The van der Waals surface area contributed by atoms with Crippen molar-refractivity contribution in [1.29, 1.82) is 10.5 Å². The monoisotopic (exact) mass is 315 g/mol. The number of nitriles is 2. The molecule has 21 heavy (non-hydrogen) atoms. The Bertz CT molecular complexity index is 441. The van der Waals surface area contributed by atoms with Crippen LogP contribution in [0.4, 0.5) is 26.3 Å². The lowest BCUT2D eigenvalue weighted by Gasteiger charge is -2.21. The second-order valence-electron chi connectivity index (χ2n) is 4.05. The number of oxime groups is 1. The summed E-state index contributed by atoms with van der Waals surface area (Å²) >= 11 is 0. The largest absolute Gasteiger partial charge is 0.432 e. The molecule has 0 saturated heterocycles. The fourth-order valence-corrected chi connectivity index (χ4v) is 1.27. The van der Waals surface area contributed by atoms with Gasteiger partial charge in [-0.25, -0.2) is 0 Å². The smallest absolute Gasteiger partial charge is 0.396 e. The Labute approximate surface area is 116 Å². The molecule has 0 aromatic heterocycles. The minimum Gasteiger partial charge on any atom is -0.396 e. The third-order valence-corrected chi connectivity index (χ3v) is 2.36. The Kier molecular flexibility index (Phi) is 6.49. The molecule has 0 saturated carbocycles. The van der Waals surface area contributed by atoms with Gasteiger partial charge in [-0.2, -0.15) is 36.9 Å². The SMILES string of the molecule is CCON=C(CC(C#N)(C#N)CCC(F)(F)F)C(F)(F)F. The molecule has 0 heterocycles. The van der Waals surface area contributed by atoms with Gasteiger partial charge in [0.25, 0.3) is 0 Å². The van der Waals surface area contributed by atoms with Crippen LogP contribution in [0.3, 0.4) is 0 Å². The van der Waals surface area contributed by atoms with Crippen molar-refractivity contribution in [3.05, 3.63) is 0 Å². The highest BCUT2D eigenvalue weighted by atomic mass is 19.4. The molecule has 0 spiro atoms. The quantitative estimate of drug-likeness (QED) is 0.426. The average molecular weight is 315 g/mol. The van der Waals surface area contributed by atoms with Crippen LogP contribution in [0, 0.1) is 28.1 Å². The molecule has 0 fully saturated rings. The van der Waals surface area contributed by atoms with E-state index >= 15 is 0 Å². The number of rotatable bonds is 6. The molecule has 118 valence electrons. The molecule has 0 aliphatic carbocycles. The lowest BCUT2D eigenvalue weighted by Crippen LogP contribution is -2.32. The van der Waals surface area contributed by atoms with Crippen molar-refractivity contribution in [1.82, 2.24) is 0 Å². The molecule has 0 aliphatic rings. The summed E-state index contributed by atoms with van der Waals surface area (Å²) in [6, 6.07) is 2.44. The molecule has 0 aromatic rings. The van der Waals surface area contributed by atoms with E-state index in [2.05, 4.69) is 9.99 Å². The van der Waals surface area contributed by atoms with Gasteiger partial charge >= 0.3 is 12.4 Å². The molecule has 0 radical (unpaired) electrons. The van der Waals surface area contributed by atoms with E-state index in [0.717, 1.165) is 0 Å². The molecule has 0 aromatic carbocycles. The summed E-state index contributed by atoms with van der Waals surface area (Å²) in [5, 5.41) is 20.4. The van der Waals surface area contributed by atoms with Gasteiger partial charge < -0.3 is 4.84 Å². The normalized spacial score (nSPS) is 13.5. The fourth-order valence-electron chi connectivity index (χ4n) is 1.27. The number of alkyl halides is 6. The van der Waals surface area contributed by atoms with E-state index in [9.17, 15) is 26.3 Å². The molecular weight excluding hydrogens is 304 g/mol. The van der Waals surface area contributed by atoms with Crippen molar-refractivity contribution in [2.45, 2.75) is 38.5 Å². The van der Waals surface area contributed by atoms with Crippen LogP contribution in [0.2, 0.25) is 0 Å². The summed E-state index contributed by atoms with van der Waals surface area (Å²) in [4.78, 5) is 4.23. The minimum absolute atomic E-state index is 0.200. The number of nitrogens with zero attached hydrogens (tertiary/aromatic N) is 3. The Morgan fingerprint density at radius 3 is 1.90 bits per heavy atom. The average Bonchev–Trinajstić information content (AvgIpc) is 2.36. The van der Waals surface area contributed by atoms with E-state index in [4.69, 9.17) is 10.5 Å². The molecular formula is C11H11F6N3O.